The van der Waals surface area contributed by atoms with Crippen LogP contribution < -0.4 is 4.31 Å². The molecule has 37 heavy (non-hydrogen) atoms. The first-order chi connectivity index (χ1) is 17.2. The SMILES string of the molecule is CC(O)(c1ccc2c(c1)CC[C@@H](CC(=O)CC1CCOC1=O)N2S(=O)(=O)c1ccc(F)cc1)C(F)(F)F. The molecule has 7 nitrogen and oxygen atoms in total. The van der Waals surface area contributed by atoms with Crippen LogP contribution in [0.2, 0.25) is 0 Å². The number of carbonyl (C=O) groups is 2. The molecule has 0 aliphatic carbocycles. The number of ketones is 1. The van der Waals surface area contributed by atoms with Gasteiger partial charge in [-0.2, -0.15) is 13.2 Å². The zero-order valence-electron chi connectivity index (χ0n) is 19.8. The number of hydrogen-bond acceptors (Lipinski definition) is 6. The van der Waals surface area contributed by atoms with Crippen molar-refractivity contribution in [2.24, 2.45) is 5.92 Å². The zero-order valence-corrected chi connectivity index (χ0v) is 20.6. The van der Waals surface area contributed by atoms with Crippen molar-refractivity contribution in [1.82, 2.24) is 0 Å². The summed E-state index contributed by atoms with van der Waals surface area (Å²) in [5, 5.41) is 10.1. The molecule has 0 spiro atoms. The first kappa shape index (κ1) is 27.1. The molecule has 1 N–H and O–H groups in total. The lowest BCUT2D eigenvalue weighted by molar-refractivity contribution is -0.258. The average Bonchev–Trinajstić information content (AvgIpc) is 3.21. The molecule has 3 atom stereocenters. The van der Waals surface area contributed by atoms with Crippen LogP contribution in [0.5, 0.6) is 0 Å². The van der Waals surface area contributed by atoms with Gasteiger partial charge >= 0.3 is 12.1 Å². The Morgan fingerprint density at radius 3 is 2.38 bits per heavy atom. The molecule has 2 heterocycles. The molecule has 2 aliphatic heterocycles. The van der Waals surface area contributed by atoms with Gasteiger partial charge in [0.25, 0.3) is 10.0 Å². The van der Waals surface area contributed by atoms with E-state index in [0.717, 1.165) is 40.7 Å². The highest BCUT2D eigenvalue weighted by Crippen LogP contribution is 2.43. The fourth-order valence-electron chi connectivity index (χ4n) is 4.68. The molecule has 12 heteroatoms. The quantitative estimate of drug-likeness (QED) is 0.418. The minimum Gasteiger partial charge on any atom is -0.465 e. The number of anilines is 1. The van der Waals surface area contributed by atoms with E-state index in [1.54, 1.807) is 0 Å². The Morgan fingerprint density at radius 1 is 1.11 bits per heavy atom. The molecular formula is C25H25F4NO6S. The van der Waals surface area contributed by atoms with E-state index < -0.39 is 51.1 Å². The molecule has 1 fully saturated rings. The van der Waals surface area contributed by atoms with Crippen molar-refractivity contribution >= 4 is 27.5 Å². The van der Waals surface area contributed by atoms with Gasteiger partial charge in [0.05, 0.1) is 29.1 Å². The third-order valence-corrected chi connectivity index (χ3v) is 8.74. The zero-order chi connectivity index (χ0) is 27.2. The summed E-state index contributed by atoms with van der Waals surface area (Å²) in [7, 11) is -4.36. The normalized spacial score (nSPS) is 21.8. The van der Waals surface area contributed by atoms with Gasteiger partial charge in [0.1, 0.15) is 11.6 Å². The lowest BCUT2D eigenvalue weighted by Gasteiger charge is -2.38. The van der Waals surface area contributed by atoms with Crippen molar-refractivity contribution in [2.45, 2.75) is 61.7 Å². The largest absolute Gasteiger partial charge is 0.465 e. The number of halogens is 4. The second kappa shape index (κ2) is 9.71. The highest BCUT2D eigenvalue weighted by atomic mass is 32.2. The van der Waals surface area contributed by atoms with Gasteiger partial charge in [-0.1, -0.05) is 12.1 Å². The number of carbonyl (C=O) groups excluding carboxylic acids is 2. The number of esters is 1. The van der Waals surface area contributed by atoms with Crippen molar-refractivity contribution in [3.05, 3.63) is 59.4 Å². The van der Waals surface area contributed by atoms with Crippen LogP contribution in [-0.2, 0) is 36.4 Å². The smallest absolute Gasteiger partial charge is 0.421 e. The maximum atomic E-state index is 13.7. The molecule has 1 saturated heterocycles. The Hall–Kier alpha value is -2.99. The number of aryl methyl sites for hydroxylation is 1. The molecule has 0 radical (unpaired) electrons. The van der Waals surface area contributed by atoms with E-state index in [0.29, 0.717) is 13.3 Å². The summed E-state index contributed by atoms with van der Waals surface area (Å²) in [4.78, 5) is 24.4. The van der Waals surface area contributed by atoms with Gasteiger partial charge in [0.15, 0.2) is 5.60 Å². The molecule has 0 saturated carbocycles. The third kappa shape index (κ3) is 5.22. The number of sulfonamides is 1. The molecular weight excluding hydrogens is 518 g/mol. The van der Waals surface area contributed by atoms with Crippen LogP contribution in [0, 0.1) is 11.7 Å². The lowest BCUT2D eigenvalue weighted by Crippen LogP contribution is -2.45. The predicted molar refractivity (Wildman–Crippen MR) is 124 cm³/mol. The van der Waals surface area contributed by atoms with Crippen molar-refractivity contribution in [1.29, 1.82) is 0 Å². The number of rotatable bonds is 7. The highest BCUT2D eigenvalue weighted by molar-refractivity contribution is 7.92. The second-order valence-electron chi connectivity index (χ2n) is 9.46. The first-order valence-electron chi connectivity index (χ1n) is 11.6. The minimum absolute atomic E-state index is 0.0652. The van der Waals surface area contributed by atoms with Crippen LogP contribution in [0.1, 0.15) is 43.7 Å². The van der Waals surface area contributed by atoms with E-state index in [2.05, 4.69) is 0 Å². The summed E-state index contributed by atoms with van der Waals surface area (Å²) in [6.45, 7) is 0.822. The Bertz CT molecular complexity index is 1310. The van der Waals surface area contributed by atoms with E-state index in [4.69, 9.17) is 4.74 Å². The monoisotopic (exact) mass is 543 g/mol. The molecule has 0 aromatic heterocycles. The van der Waals surface area contributed by atoms with Gasteiger partial charge in [-0.05, 0) is 67.6 Å². The Labute approximate surface area is 211 Å². The van der Waals surface area contributed by atoms with Gasteiger partial charge in [-0.25, -0.2) is 12.8 Å². The summed E-state index contributed by atoms with van der Waals surface area (Å²) in [6, 6.07) is 6.46. The number of cyclic esters (lactones) is 1. The minimum atomic E-state index is -4.97. The van der Waals surface area contributed by atoms with Gasteiger partial charge in [-0.15, -0.1) is 0 Å². The van der Waals surface area contributed by atoms with Crippen LogP contribution in [-0.4, -0.2) is 44.1 Å². The molecule has 2 aromatic carbocycles. The second-order valence-corrected chi connectivity index (χ2v) is 11.3. The summed E-state index contributed by atoms with van der Waals surface area (Å²) in [6.07, 6.45) is -4.67. The number of alkyl halides is 3. The average molecular weight is 544 g/mol. The van der Waals surface area contributed by atoms with Crippen molar-refractivity contribution in [3.8, 4) is 0 Å². The molecule has 2 aliphatic rings. The number of fused-ring (bicyclic) bond motifs is 1. The number of Topliss-reactive ketones (excluding diaryl/α,β-unsaturated/α-hetero) is 1. The van der Waals surface area contributed by atoms with Crippen LogP contribution in [0.25, 0.3) is 0 Å². The number of ether oxygens (including phenoxy) is 1. The Morgan fingerprint density at radius 2 is 1.78 bits per heavy atom. The van der Waals surface area contributed by atoms with Crippen LogP contribution >= 0.6 is 0 Å². The van der Waals surface area contributed by atoms with E-state index >= 15 is 0 Å². The summed E-state index contributed by atoms with van der Waals surface area (Å²) in [5.41, 5.74) is -3.30. The third-order valence-electron chi connectivity index (χ3n) is 6.86. The van der Waals surface area contributed by atoms with Crippen molar-refractivity contribution < 1.29 is 45.4 Å². The number of nitrogens with zero attached hydrogens (tertiary/aromatic N) is 1. The summed E-state index contributed by atoms with van der Waals surface area (Å²) < 4.78 is 86.9. The number of benzene rings is 2. The molecule has 0 bridgehead atoms. The Kier molecular flexibility index (Phi) is 7.10. The molecule has 2 unspecified atom stereocenters. The number of hydrogen-bond donors (Lipinski definition) is 1. The number of aliphatic hydroxyl groups is 1. The predicted octanol–water partition coefficient (Wildman–Crippen LogP) is 4.02. The fraction of sp³-hybridized carbons (Fsp3) is 0.440. The Balaban J connectivity index is 1.72. The van der Waals surface area contributed by atoms with E-state index in [9.17, 15) is 40.7 Å². The van der Waals surface area contributed by atoms with E-state index in [1.165, 1.54) is 6.07 Å². The maximum Gasteiger partial charge on any atom is 0.421 e. The summed E-state index contributed by atoms with van der Waals surface area (Å²) >= 11 is 0. The van der Waals surface area contributed by atoms with Crippen molar-refractivity contribution in [2.75, 3.05) is 10.9 Å². The molecule has 200 valence electrons. The highest BCUT2D eigenvalue weighted by Gasteiger charge is 2.51. The van der Waals surface area contributed by atoms with E-state index in [1.807, 2.05) is 0 Å². The van der Waals surface area contributed by atoms with Gasteiger partial charge in [0, 0.05) is 12.8 Å². The van der Waals surface area contributed by atoms with Crippen LogP contribution in [0.4, 0.5) is 23.2 Å². The molecule has 0 amide bonds. The van der Waals surface area contributed by atoms with Gasteiger partial charge in [0.2, 0.25) is 0 Å². The van der Waals surface area contributed by atoms with E-state index in [-0.39, 0.29) is 54.2 Å². The first-order valence-corrected chi connectivity index (χ1v) is 13.1. The van der Waals surface area contributed by atoms with Crippen LogP contribution in [0.15, 0.2) is 47.4 Å². The van der Waals surface area contributed by atoms with Crippen molar-refractivity contribution in [3.63, 3.8) is 0 Å². The topological polar surface area (TPSA) is 101 Å². The van der Waals surface area contributed by atoms with Gasteiger partial charge in [-0.3, -0.25) is 13.9 Å². The standard InChI is InChI=1S/C25H25F4NO6S/c1-24(33,25(27,28)29)17-3-9-22-15(12-17)2-6-19(14-20(31)13-16-10-11-36-23(16)32)30(22)37(34,35)21-7-4-18(26)5-8-21/h3-5,7-9,12,16,19,33H,2,6,10-11,13-14H2,1H3/t16?,19-,24?/m0/s1. The summed E-state index contributed by atoms with van der Waals surface area (Å²) in [5.74, 6) is -2.10. The van der Waals surface area contributed by atoms with Crippen LogP contribution in [0.3, 0.4) is 0 Å². The molecule has 4 rings (SSSR count). The maximum absolute atomic E-state index is 13.7. The lowest BCUT2D eigenvalue weighted by atomic mass is 9.88. The molecule has 2 aromatic rings. The fourth-order valence-corrected chi connectivity index (χ4v) is 6.39. The van der Waals surface area contributed by atoms with Gasteiger partial charge < -0.3 is 9.84 Å².